The van der Waals surface area contributed by atoms with Crippen molar-refractivity contribution in [2.24, 2.45) is 17.8 Å². The monoisotopic (exact) mass is 877 g/mol. The average molecular weight is 877 g/mol. The number of esters is 3. The van der Waals surface area contributed by atoms with Crippen molar-refractivity contribution in [3.63, 3.8) is 0 Å². The fraction of sp³-hybridized carbons (Fsp3) is 0.946. The molecule has 0 aromatic heterocycles. The average Bonchev–Trinajstić information content (AvgIpc) is 3.24. The molecule has 0 saturated heterocycles. The Bertz CT molecular complexity index is 962. The molecular formula is C56H108O6. The highest BCUT2D eigenvalue weighted by atomic mass is 16.6. The van der Waals surface area contributed by atoms with Crippen molar-refractivity contribution in [1.82, 2.24) is 0 Å². The van der Waals surface area contributed by atoms with Crippen molar-refractivity contribution in [3.05, 3.63) is 0 Å². The number of ether oxygens (including phenoxy) is 3. The van der Waals surface area contributed by atoms with E-state index in [1.54, 1.807) is 0 Å². The molecule has 0 aliphatic heterocycles. The molecule has 0 saturated carbocycles. The summed E-state index contributed by atoms with van der Waals surface area (Å²) in [7, 11) is 0. The van der Waals surface area contributed by atoms with Gasteiger partial charge in [-0.2, -0.15) is 0 Å². The number of rotatable bonds is 49. The molecule has 0 bridgehead atoms. The van der Waals surface area contributed by atoms with Gasteiger partial charge in [0.2, 0.25) is 0 Å². The molecule has 368 valence electrons. The molecule has 0 rings (SSSR count). The second kappa shape index (κ2) is 47.4. The van der Waals surface area contributed by atoms with E-state index in [0.29, 0.717) is 19.3 Å². The lowest BCUT2D eigenvalue weighted by molar-refractivity contribution is -0.167. The largest absolute Gasteiger partial charge is 0.462 e. The molecular weight excluding hydrogens is 769 g/mol. The van der Waals surface area contributed by atoms with Crippen molar-refractivity contribution < 1.29 is 28.6 Å². The first-order valence-corrected chi connectivity index (χ1v) is 27.6. The van der Waals surface area contributed by atoms with E-state index in [1.165, 1.54) is 186 Å². The van der Waals surface area contributed by atoms with Gasteiger partial charge in [0.25, 0.3) is 0 Å². The third-order valence-corrected chi connectivity index (χ3v) is 13.0. The highest BCUT2D eigenvalue weighted by molar-refractivity contribution is 5.71. The van der Waals surface area contributed by atoms with Crippen molar-refractivity contribution in [3.8, 4) is 0 Å². The normalized spacial score (nSPS) is 12.6. The maximum Gasteiger partial charge on any atom is 0.306 e. The van der Waals surface area contributed by atoms with Crippen LogP contribution < -0.4 is 0 Å². The summed E-state index contributed by atoms with van der Waals surface area (Å²) >= 11 is 0. The van der Waals surface area contributed by atoms with Crippen LogP contribution in [-0.2, 0) is 28.6 Å². The molecule has 62 heavy (non-hydrogen) atoms. The van der Waals surface area contributed by atoms with Gasteiger partial charge in [0, 0.05) is 19.3 Å². The lowest BCUT2D eigenvalue weighted by atomic mass is 9.99. The zero-order valence-corrected chi connectivity index (χ0v) is 42.7. The summed E-state index contributed by atoms with van der Waals surface area (Å²) in [6, 6.07) is 0. The van der Waals surface area contributed by atoms with Crippen LogP contribution in [0.2, 0.25) is 0 Å². The molecule has 0 N–H and O–H groups in total. The van der Waals surface area contributed by atoms with Gasteiger partial charge >= 0.3 is 17.9 Å². The maximum absolute atomic E-state index is 12.8. The van der Waals surface area contributed by atoms with Gasteiger partial charge in [0.05, 0.1) is 0 Å². The molecule has 0 amide bonds. The first kappa shape index (κ1) is 60.4. The van der Waals surface area contributed by atoms with Crippen molar-refractivity contribution >= 4 is 17.9 Å². The SMILES string of the molecule is CCC(C)CCCCCCCCCCC(=O)OC[C@H](COC(=O)CCCCCCCCCCCCCCC(C)C)OC(=O)CCCCCCCCCCCCCCCCC(C)C. The van der Waals surface area contributed by atoms with E-state index in [4.69, 9.17) is 14.2 Å². The minimum atomic E-state index is -0.763. The Morgan fingerprint density at radius 3 is 0.839 bits per heavy atom. The third kappa shape index (κ3) is 47.9. The van der Waals surface area contributed by atoms with E-state index in [-0.39, 0.29) is 31.1 Å². The van der Waals surface area contributed by atoms with Gasteiger partial charge in [0.1, 0.15) is 13.2 Å². The predicted molar refractivity (Wildman–Crippen MR) is 266 cm³/mol. The zero-order valence-electron chi connectivity index (χ0n) is 42.7. The van der Waals surface area contributed by atoms with Crippen LogP contribution in [0.25, 0.3) is 0 Å². The van der Waals surface area contributed by atoms with Crippen molar-refractivity contribution in [2.45, 2.75) is 311 Å². The molecule has 1 unspecified atom stereocenters. The van der Waals surface area contributed by atoms with Crippen LogP contribution in [0.5, 0.6) is 0 Å². The minimum absolute atomic E-state index is 0.0643. The molecule has 0 fully saturated rings. The molecule has 0 heterocycles. The fourth-order valence-electron chi connectivity index (χ4n) is 8.44. The number of carbonyl (C=O) groups is 3. The second-order valence-electron chi connectivity index (χ2n) is 20.4. The van der Waals surface area contributed by atoms with E-state index < -0.39 is 6.10 Å². The quantitative estimate of drug-likeness (QED) is 0.0344. The smallest absolute Gasteiger partial charge is 0.306 e. The Balaban J connectivity index is 4.31. The van der Waals surface area contributed by atoms with Gasteiger partial charge in [-0.05, 0) is 37.0 Å². The van der Waals surface area contributed by atoms with E-state index in [9.17, 15) is 14.4 Å². The molecule has 6 heteroatoms. The molecule has 0 spiro atoms. The molecule has 0 aromatic carbocycles. The molecule has 0 radical (unpaired) electrons. The first-order valence-electron chi connectivity index (χ1n) is 27.6. The molecule has 0 aliphatic carbocycles. The first-order chi connectivity index (χ1) is 30.1. The zero-order chi connectivity index (χ0) is 45.6. The molecule has 2 atom stereocenters. The Hall–Kier alpha value is -1.59. The van der Waals surface area contributed by atoms with Gasteiger partial charge < -0.3 is 14.2 Å². The topological polar surface area (TPSA) is 78.9 Å². The van der Waals surface area contributed by atoms with E-state index in [2.05, 4.69) is 41.5 Å². The Labute approximate surface area is 387 Å². The summed E-state index contributed by atoms with van der Waals surface area (Å²) in [6.45, 7) is 13.8. The lowest BCUT2D eigenvalue weighted by Crippen LogP contribution is -2.30. The van der Waals surface area contributed by atoms with Gasteiger partial charge in [-0.1, -0.05) is 266 Å². The van der Waals surface area contributed by atoms with Crippen molar-refractivity contribution in [1.29, 1.82) is 0 Å². The summed E-state index contributed by atoms with van der Waals surface area (Å²) in [5.74, 6) is 1.68. The highest BCUT2D eigenvalue weighted by Gasteiger charge is 2.19. The third-order valence-electron chi connectivity index (χ3n) is 13.0. The van der Waals surface area contributed by atoms with Gasteiger partial charge in [-0.25, -0.2) is 0 Å². The van der Waals surface area contributed by atoms with Crippen LogP contribution in [0.4, 0.5) is 0 Å². The van der Waals surface area contributed by atoms with E-state index in [0.717, 1.165) is 75.5 Å². The number of hydrogen-bond acceptors (Lipinski definition) is 6. The second-order valence-corrected chi connectivity index (χ2v) is 20.4. The van der Waals surface area contributed by atoms with E-state index in [1.807, 2.05) is 0 Å². The van der Waals surface area contributed by atoms with Crippen LogP contribution >= 0.6 is 0 Å². The molecule has 6 nitrogen and oxygen atoms in total. The van der Waals surface area contributed by atoms with Crippen LogP contribution in [0.1, 0.15) is 305 Å². The summed E-state index contributed by atoms with van der Waals surface area (Å²) in [6.07, 6.45) is 48.0. The standard InChI is InChI=1S/C56H108O6/c1-7-52(6)44-38-32-26-22-23-28-34-40-46-55(58)61-49-53(48-60-54(57)45-39-33-27-20-16-13-12-15-19-25-31-37-43-51(4)5)62-56(59)47-41-35-29-21-17-11-9-8-10-14-18-24-30-36-42-50(2)3/h50-53H,7-49H2,1-6H3/t52?,53-/m0/s1. The van der Waals surface area contributed by atoms with Crippen LogP contribution in [-0.4, -0.2) is 37.2 Å². The minimum Gasteiger partial charge on any atom is -0.462 e. The van der Waals surface area contributed by atoms with Crippen molar-refractivity contribution in [2.75, 3.05) is 13.2 Å². The Kier molecular flexibility index (Phi) is 46.2. The summed E-state index contributed by atoms with van der Waals surface area (Å²) in [5.41, 5.74) is 0. The number of hydrogen-bond donors (Lipinski definition) is 0. The number of unbranched alkanes of at least 4 members (excludes halogenated alkanes) is 31. The van der Waals surface area contributed by atoms with Crippen LogP contribution in [0.3, 0.4) is 0 Å². The van der Waals surface area contributed by atoms with Gasteiger partial charge in [0.15, 0.2) is 6.10 Å². The Morgan fingerprint density at radius 2 is 0.565 bits per heavy atom. The molecule has 0 aliphatic rings. The van der Waals surface area contributed by atoms with Gasteiger partial charge in [-0.3, -0.25) is 14.4 Å². The fourth-order valence-corrected chi connectivity index (χ4v) is 8.44. The maximum atomic E-state index is 12.8. The Morgan fingerprint density at radius 1 is 0.323 bits per heavy atom. The molecule has 0 aromatic rings. The van der Waals surface area contributed by atoms with Crippen LogP contribution in [0, 0.1) is 17.8 Å². The summed E-state index contributed by atoms with van der Waals surface area (Å²) in [5, 5.41) is 0. The number of carbonyl (C=O) groups excluding carboxylic acids is 3. The summed E-state index contributed by atoms with van der Waals surface area (Å²) in [4.78, 5) is 38.1. The lowest BCUT2D eigenvalue weighted by Gasteiger charge is -2.18. The highest BCUT2D eigenvalue weighted by Crippen LogP contribution is 2.18. The van der Waals surface area contributed by atoms with Gasteiger partial charge in [-0.15, -0.1) is 0 Å². The predicted octanol–water partition coefficient (Wildman–Crippen LogP) is 17.9. The van der Waals surface area contributed by atoms with Crippen LogP contribution in [0.15, 0.2) is 0 Å². The van der Waals surface area contributed by atoms with E-state index >= 15 is 0 Å². The summed E-state index contributed by atoms with van der Waals surface area (Å²) < 4.78 is 16.9.